The van der Waals surface area contributed by atoms with Gasteiger partial charge in [0.05, 0.1) is 0 Å². The molecule has 0 bridgehead atoms. The second-order valence-corrected chi connectivity index (χ2v) is 5.49. The highest BCUT2D eigenvalue weighted by Crippen LogP contribution is 2.23. The minimum absolute atomic E-state index is 0.698. The van der Waals surface area contributed by atoms with Gasteiger partial charge in [-0.2, -0.15) is 0 Å². The largest absolute Gasteiger partial charge is 0.350 e. The first kappa shape index (κ1) is 12.7. The molecule has 1 aliphatic rings. The topological polar surface area (TPSA) is 20.2 Å². The van der Waals surface area contributed by atoms with Crippen LogP contribution < -0.4 is 5.32 Å². The molecule has 1 aliphatic heterocycles. The smallest absolute Gasteiger partial charge is 0.0481 e. The van der Waals surface area contributed by atoms with Crippen LogP contribution in [0.5, 0.6) is 0 Å². The second-order valence-electron chi connectivity index (χ2n) is 5.49. The van der Waals surface area contributed by atoms with Gasteiger partial charge >= 0.3 is 0 Å². The molecule has 0 saturated carbocycles. The van der Waals surface area contributed by atoms with Gasteiger partial charge in [0.1, 0.15) is 0 Å². The van der Waals surface area contributed by atoms with Crippen molar-refractivity contribution in [3.63, 3.8) is 0 Å². The molecular formula is C16H23N3. The standard InChI is InChI=1S/C16H23N3/c1-3-19(14-8-9-17-10-14)12-13-11-18(2)16-7-5-4-6-15(13)16/h4-7,11,14,17H,3,8-10,12H2,1-2H3. The summed E-state index contributed by atoms with van der Waals surface area (Å²) in [5.41, 5.74) is 2.78. The molecule has 19 heavy (non-hydrogen) atoms. The lowest BCUT2D eigenvalue weighted by Crippen LogP contribution is -2.36. The van der Waals surface area contributed by atoms with Crippen LogP contribution in [0.1, 0.15) is 18.9 Å². The van der Waals surface area contributed by atoms with Crippen molar-refractivity contribution < 1.29 is 0 Å². The summed E-state index contributed by atoms with van der Waals surface area (Å²) in [5, 5.41) is 4.87. The first-order valence-electron chi connectivity index (χ1n) is 7.27. The van der Waals surface area contributed by atoms with Gasteiger partial charge in [0, 0.05) is 43.3 Å². The number of benzene rings is 1. The van der Waals surface area contributed by atoms with E-state index in [0.717, 1.165) is 26.2 Å². The van der Waals surface area contributed by atoms with Gasteiger partial charge in [0.25, 0.3) is 0 Å². The molecule has 1 fully saturated rings. The zero-order chi connectivity index (χ0) is 13.2. The van der Waals surface area contributed by atoms with Gasteiger partial charge in [0.2, 0.25) is 0 Å². The molecule has 0 aliphatic carbocycles. The van der Waals surface area contributed by atoms with Crippen molar-refractivity contribution in [1.82, 2.24) is 14.8 Å². The van der Waals surface area contributed by atoms with Gasteiger partial charge in [-0.05, 0) is 31.1 Å². The van der Waals surface area contributed by atoms with Crippen LogP contribution in [0.15, 0.2) is 30.5 Å². The van der Waals surface area contributed by atoms with E-state index in [0.29, 0.717) is 6.04 Å². The molecule has 1 aromatic heterocycles. The number of hydrogen-bond acceptors (Lipinski definition) is 2. The van der Waals surface area contributed by atoms with Crippen LogP contribution in [0.2, 0.25) is 0 Å². The Bertz CT molecular complexity index is 552. The summed E-state index contributed by atoms with van der Waals surface area (Å²) in [6.07, 6.45) is 3.56. The SMILES string of the molecule is CCN(Cc1cn(C)c2ccccc12)C1CCNC1. The third kappa shape index (κ3) is 2.40. The van der Waals surface area contributed by atoms with Gasteiger partial charge in [-0.3, -0.25) is 4.90 Å². The minimum atomic E-state index is 0.698. The number of hydrogen-bond donors (Lipinski definition) is 1. The molecule has 3 rings (SSSR count). The van der Waals surface area contributed by atoms with Crippen molar-refractivity contribution >= 4 is 10.9 Å². The van der Waals surface area contributed by atoms with Crippen LogP contribution in [0.3, 0.4) is 0 Å². The van der Waals surface area contributed by atoms with E-state index in [1.807, 2.05) is 0 Å². The van der Waals surface area contributed by atoms with Crippen molar-refractivity contribution in [2.24, 2.45) is 7.05 Å². The number of likely N-dealkylation sites (N-methyl/N-ethyl adjacent to an activating group) is 1. The fraction of sp³-hybridized carbons (Fsp3) is 0.500. The molecular weight excluding hydrogens is 234 g/mol. The minimum Gasteiger partial charge on any atom is -0.350 e. The number of rotatable bonds is 4. The fourth-order valence-corrected chi connectivity index (χ4v) is 3.22. The summed E-state index contributed by atoms with van der Waals surface area (Å²) >= 11 is 0. The van der Waals surface area contributed by atoms with E-state index in [1.54, 1.807) is 0 Å². The van der Waals surface area contributed by atoms with E-state index in [-0.39, 0.29) is 0 Å². The van der Waals surface area contributed by atoms with Crippen LogP contribution in [-0.4, -0.2) is 35.1 Å². The maximum atomic E-state index is 3.47. The molecule has 2 heterocycles. The van der Waals surface area contributed by atoms with Crippen LogP contribution in [0, 0.1) is 0 Å². The van der Waals surface area contributed by atoms with Crippen molar-refractivity contribution in [2.75, 3.05) is 19.6 Å². The summed E-state index contributed by atoms with van der Waals surface area (Å²) in [7, 11) is 2.14. The third-order valence-corrected chi connectivity index (χ3v) is 4.31. The van der Waals surface area contributed by atoms with Gasteiger partial charge in [-0.15, -0.1) is 0 Å². The number of aromatic nitrogens is 1. The molecule has 0 spiro atoms. The van der Waals surface area contributed by atoms with E-state index in [2.05, 4.69) is 59.2 Å². The lowest BCUT2D eigenvalue weighted by molar-refractivity contribution is 0.211. The normalized spacial score (nSPS) is 19.6. The lowest BCUT2D eigenvalue weighted by atomic mass is 10.1. The van der Waals surface area contributed by atoms with E-state index in [9.17, 15) is 0 Å². The number of nitrogens with zero attached hydrogens (tertiary/aromatic N) is 2. The molecule has 3 nitrogen and oxygen atoms in total. The Morgan fingerprint density at radius 3 is 2.95 bits per heavy atom. The van der Waals surface area contributed by atoms with E-state index < -0.39 is 0 Å². The Labute approximate surface area is 115 Å². The highest BCUT2D eigenvalue weighted by Gasteiger charge is 2.22. The Balaban J connectivity index is 1.87. The van der Waals surface area contributed by atoms with Crippen LogP contribution >= 0.6 is 0 Å². The summed E-state index contributed by atoms with van der Waals surface area (Å²) in [6.45, 7) is 6.75. The quantitative estimate of drug-likeness (QED) is 0.907. The van der Waals surface area contributed by atoms with Crippen molar-refractivity contribution in [3.8, 4) is 0 Å². The monoisotopic (exact) mass is 257 g/mol. The van der Waals surface area contributed by atoms with Gasteiger partial charge < -0.3 is 9.88 Å². The van der Waals surface area contributed by atoms with E-state index in [4.69, 9.17) is 0 Å². The number of aryl methyl sites for hydroxylation is 1. The Morgan fingerprint density at radius 2 is 2.21 bits per heavy atom. The number of fused-ring (bicyclic) bond motifs is 1. The van der Waals surface area contributed by atoms with Crippen LogP contribution in [0.25, 0.3) is 10.9 Å². The van der Waals surface area contributed by atoms with Crippen molar-refractivity contribution in [3.05, 3.63) is 36.0 Å². The molecule has 1 saturated heterocycles. The summed E-state index contributed by atoms with van der Waals surface area (Å²) in [4.78, 5) is 2.60. The molecule has 1 atom stereocenters. The molecule has 2 aromatic rings. The molecule has 1 N–H and O–H groups in total. The van der Waals surface area contributed by atoms with Crippen molar-refractivity contribution in [2.45, 2.75) is 25.9 Å². The van der Waals surface area contributed by atoms with E-state index >= 15 is 0 Å². The Hall–Kier alpha value is -1.32. The average molecular weight is 257 g/mol. The molecule has 3 heteroatoms. The number of nitrogens with one attached hydrogen (secondary N) is 1. The molecule has 1 unspecified atom stereocenters. The van der Waals surface area contributed by atoms with Crippen molar-refractivity contribution in [1.29, 1.82) is 0 Å². The average Bonchev–Trinajstić information content (AvgIpc) is 3.06. The molecule has 1 aromatic carbocycles. The van der Waals surface area contributed by atoms with Crippen LogP contribution in [-0.2, 0) is 13.6 Å². The fourth-order valence-electron chi connectivity index (χ4n) is 3.22. The van der Waals surface area contributed by atoms with E-state index in [1.165, 1.54) is 22.9 Å². The van der Waals surface area contributed by atoms with Gasteiger partial charge in [-0.1, -0.05) is 25.1 Å². The maximum Gasteiger partial charge on any atom is 0.0481 e. The van der Waals surface area contributed by atoms with Crippen LogP contribution in [0.4, 0.5) is 0 Å². The van der Waals surface area contributed by atoms with Gasteiger partial charge in [0.15, 0.2) is 0 Å². The zero-order valence-corrected chi connectivity index (χ0v) is 11.9. The third-order valence-electron chi connectivity index (χ3n) is 4.31. The number of para-hydroxylation sites is 1. The van der Waals surface area contributed by atoms with Gasteiger partial charge in [-0.25, -0.2) is 0 Å². The summed E-state index contributed by atoms with van der Waals surface area (Å²) < 4.78 is 2.24. The second kappa shape index (κ2) is 5.35. The molecule has 102 valence electrons. The zero-order valence-electron chi connectivity index (χ0n) is 11.9. The predicted molar refractivity (Wildman–Crippen MR) is 80.3 cm³/mol. The highest BCUT2D eigenvalue weighted by atomic mass is 15.2. The summed E-state index contributed by atoms with van der Waals surface area (Å²) in [6, 6.07) is 9.39. The lowest BCUT2D eigenvalue weighted by Gasteiger charge is -2.26. The maximum absolute atomic E-state index is 3.47. The first-order chi connectivity index (χ1) is 9.29. The first-order valence-corrected chi connectivity index (χ1v) is 7.27. The molecule has 0 radical (unpaired) electrons. The summed E-state index contributed by atoms with van der Waals surface area (Å²) in [5.74, 6) is 0. The Morgan fingerprint density at radius 1 is 1.37 bits per heavy atom. The Kier molecular flexibility index (Phi) is 3.58. The predicted octanol–water partition coefficient (Wildman–Crippen LogP) is 2.36. The molecule has 0 amide bonds. The highest BCUT2D eigenvalue weighted by molar-refractivity contribution is 5.83.